The first-order chi connectivity index (χ1) is 12.6. The molecule has 1 aliphatic heterocycles. The molecule has 0 saturated carbocycles. The van der Waals surface area contributed by atoms with E-state index in [4.69, 9.17) is 14.9 Å². The van der Waals surface area contributed by atoms with Gasteiger partial charge < -0.3 is 20.0 Å². The van der Waals surface area contributed by atoms with Crippen molar-refractivity contribution in [2.24, 2.45) is 0 Å². The fraction of sp³-hybridized carbons (Fsp3) is 0.588. The summed E-state index contributed by atoms with van der Waals surface area (Å²) in [6.45, 7) is 3.62. The van der Waals surface area contributed by atoms with Gasteiger partial charge in [0, 0.05) is 5.56 Å². The molecule has 3 heterocycles. The van der Waals surface area contributed by atoms with Crippen LogP contribution in [0.2, 0.25) is 0 Å². The summed E-state index contributed by atoms with van der Waals surface area (Å²) >= 11 is 0. The molecule has 2 aromatic heterocycles. The average molecular weight is 386 g/mol. The SMILES string of the molecule is Cc1cc(N)c2nc1O[C@H](C)CCCCCC(O)(C(F)(F)F)c1nnc-2o1. The highest BCUT2D eigenvalue weighted by molar-refractivity contribution is 5.67. The second-order valence-corrected chi connectivity index (χ2v) is 6.85. The van der Waals surface area contributed by atoms with Crippen LogP contribution in [0.3, 0.4) is 0 Å². The number of nitrogens with two attached hydrogens (primary N) is 1. The van der Waals surface area contributed by atoms with Crippen molar-refractivity contribution in [2.45, 2.75) is 63.8 Å². The summed E-state index contributed by atoms with van der Waals surface area (Å²) in [5, 5.41) is 17.4. The Morgan fingerprint density at radius 1 is 1.26 bits per heavy atom. The Labute approximate surface area is 153 Å². The molecule has 3 N–H and O–H groups in total. The zero-order valence-corrected chi connectivity index (χ0v) is 15.0. The van der Waals surface area contributed by atoms with Crippen LogP contribution in [0.4, 0.5) is 18.9 Å². The molecule has 0 radical (unpaired) electrons. The highest BCUT2D eigenvalue weighted by atomic mass is 19.4. The van der Waals surface area contributed by atoms with Gasteiger partial charge in [0.15, 0.2) is 5.69 Å². The van der Waals surface area contributed by atoms with Crippen LogP contribution in [0, 0.1) is 6.92 Å². The lowest BCUT2D eigenvalue weighted by Crippen LogP contribution is -2.42. The van der Waals surface area contributed by atoms with E-state index in [0.717, 1.165) is 0 Å². The number of aliphatic hydroxyl groups is 1. The van der Waals surface area contributed by atoms with Gasteiger partial charge in [0.2, 0.25) is 11.5 Å². The van der Waals surface area contributed by atoms with Gasteiger partial charge in [-0.1, -0.05) is 6.42 Å². The molecule has 7 nitrogen and oxygen atoms in total. The molecule has 27 heavy (non-hydrogen) atoms. The standard InChI is InChI=1S/C17H21F3N4O3/c1-9-8-11(21)12-14-23-24-15(27-14)16(25,17(18,19)20)7-5-3-4-6-10(2)26-13(9)22-12/h8,10,25H,3-7,21H2,1-2H3/t10-,16?/m1/s1. The number of nitrogen functional groups attached to an aromatic ring is 1. The van der Waals surface area contributed by atoms with Crippen molar-refractivity contribution in [2.75, 3.05) is 5.73 Å². The first-order valence-corrected chi connectivity index (χ1v) is 8.69. The summed E-state index contributed by atoms with van der Waals surface area (Å²) in [6.07, 6.45) is -3.79. The summed E-state index contributed by atoms with van der Waals surface area (Å²) in [5.41, 5.74) is 3.57. The van der Waals surface area contributed by atoms with E-state index in [0.29, 0.717) is 30.7 Å². The molecule has 0 saturated heterocycles. The molecule has 0 fully saturated rings. The van der Waals surface area contributed by atoms with Gasteiger partial charge in [0.1, 0.15) is 0 Å². The Kier molecular flexibility index (Phi) is 5.02. The predicted octanol–water partition coefficient (Wildman–Crippen LogP) is 3.50. The number of hydrogen-bond acceptors (Lipinski definition) is 7. The summed E-state index contributed by atoms with van der Waals surface area (Å²) in [4.78, 5) is 4.26. The molecule has 3 rings (SSSR count). The molecule has 1 unspecified atom stereocenters. The van der Waals surface area contributed by atoms with Crippen LogP contribution in [0.5, 0.6) is 5.88 Å². The minimum atomic E-state index is -4.96. The van der Waals surface area contributed by atoms with Crippen molar-refractivity contribution >= 4 is 5.69 Å². The zero-order chi connectivity index (χ0) is 19.8. The molecule has 2 atom stereocenters. The van der Waals surface area contributed by atoms with Gasteiger partial charge in [-0.2, -0.15) is 13.2 Å². The number of nitrogens with zero attached hydrogens (tertiary/aromatic N) is 3. The largest absolute Gasteiger partial charge is 0.474 e. The van der Waals surface area contributed by atoms with Crippen molar-refractivity contribution in [3.05, 3.63) is 17.5 Å². The van der Waals surface area contributed by atoms with Gasteiger partial charge in [-0.05, 0) is 45.6 Å². The van der Waals surface area contributed by atoms with E-state index in [9.17, 15) is 18.3 Å². The summed E-state index contributed by atoms with van der Waals surface area (Å²) in [6, 6.07) is 1.58. The molecule has 148 valence electrons. The van der Waals surface area contributed by atoms with E-state index >= 15 is 0 Å². The molecule has 0 aromatic carbocycles. The first-order valence-electron chi connectivity index (χ1n) is 8.69. The summed E-state index contributed by atoms with van der Waals surface area (Å²) in [7, 11) is 0. The molecule has 4 bridgehead atoms. The number of hydrogen-bond donors (Lipinski definition) is 2. The number of alkyl halides is 3. The number of pyridine rings is 1. The summed E-state index contributed by atoms with van der Waals surface area (Å²) < 4.78 is 51.6. The van der Waals surface area contributed by atoms with Crippen molar-refractivity contribution in [1.82, 2.24) is 15.2 Å². The molecule has 1 aliphatic rings. The van der Waals surface area contributed by atoms with Gasteiger partial charge in [-0.3, -0.25) is 0 Å². The van der Waals surface area contributed by atoms with E-state index in [1.807, 2.05) is 6.92 Å². The molecule has 2 aromatic rings. The molecular weight excluding hydrogens is 365 g/mol. The number of halogens is 3. The lowest BCUT2D eigenvalue weighted by molar-refractivity contribution is -0.277. The average Bonchev–Trinajstić information content (AvgIpc) is 3.05. The molecule has 0 spiro atoms. The first kappa shape index (κ1) is 19.4. The highest BCUT2D eigenvalue weighted by Gasteiger charge is 2.58. The van der Waals surface area contributed by atoms with Crippen molar-refractivity contribution in [1.29, 1.82) is 0 Å². The molecule has 0 aliphatic carbocycles. The van der Waals surface area contributed by atoms with Crippen LogP contribution in [-0.2, 0) is 5.60 Å². The third-order valence-corrected chi connectivity index (χ3v) is 4.61. The van der Waals surface area contributed by atoms with E-state index in [2.05, 4.69) is 15.2 Å². The lowest BCUT2D eigenvalue weighted by Gasteiger charge is -2.27. The zero-order valence-electron chi connectivity index (χ0n) is 15.0. The Hall–Kier alpha value is -2.36. The number of ether oxygens (including phenoxy) is 1. The van der Waals surface area contributed by atoms with Gasteiger partial charge in [-0.25, -0.2) is 4.98 Å². The Morgan fingerprint density at radius 3 is 2.70 bits per heavy atom. The van der Waals surface area contributed by atoms with Gasteiger partial charge in [-0.15, -0.1) is 10.2 Å². The number of aromatic nitrogens is 3. The van der Waals surface area contributed by atoms with Gasteiger partial charge in [0.05, 0.1) is 11.8 Å². The Morgan fingerprint density at radius 2 is 2.00 bits per heavy atom. The third kappa shape index (κ3) is 3.71. The number of fused-ring (bicyclic) bond motifs is 5. The number of aryl methyl sites for hydroxylation is 1. The normalized spacial score (nSPS) is 24.1. The van der Waals surface area contributed by atoms with Gasteiger partial charge in [0.25, 0.3) is 11.8 Å². The maximum Gasteiger partial charge on any atom is 0.426 e. The maximum absolute atomic E-state index is 13.5. The van der Waals surface area contributed by atoms with Gasteiger partial charge >= 0.3 is 6.18 Å². The quantitative estimate of drug-likeness (QED) is 0.713. The van der Waals surface area contributed by atoms with Crippen LogP contribution in [0.1, 0.15) is 50.5 Å². The van der Waals surface area contributed by atoms with Crippen molar-refractivity contribution in [3.63, 3.8) is 0 Å². The predicted molar refractivity (Wildman–Crippen MR) is 89.8 cm³/mol. The highest BCUT2D eigenvalue weighted by Crippen LogP contribution is 2.43. The minimum Gasteiger partial charge on any atom is -0.474 e. The van der Waals surface area contributed by atoms with Crippen molar-refractivity contribution in [3.8, 4) is 17.5 Å². The second kappa shape index (κ2) is 6.99. The van der Waals surface area contributed by atoms with E-state index in [1.165, 1.54) is 0 Å². The number of rotatable bonds is 0. The van der Waals surface area contributed by atoms with E-state index < -0.39 is 24.1 Å². The molecule has 0 amide bonds. The third-order valence-electron chi connectivity index (χ3n) is 4.61. The van der Waals surface area contributed by atoms with Crippen LogP contribution >= 0.6 is 0 Å². The second-order valence-electron chi connectivity index (χ2n) is 6.85. The fourth-order valence-electron chi connectivity index (χ4n) is 3.00. The molecule has 10 heteroatoms. The van der Waals surface area contributed by atoms with Crippen LogP contribution in [0.15, 0.2) is 10.5 Å². The molecular formula is C17H21F3N4O3. The minimum absolute atomic E-state index is 0.0168. The van der Waals surface area contributed by atoms with E-state index in [1.54, 1.807) is 13.0 Å². The Bertz CT molecular complexity index is 824. The fourth-order valence-corrected chi connectivity index (χ4v) is 3.00. The lowest BCUT2D eigenvalue weighted by atomic mass is 9.94. The monoisotopic (exact) mass is 386 g/mol. The summed E-state index contributed by atoms with van der Waals surface area (Å²) in [5.74, 6) is -0.922. The van der Waals surface area contributed by atoms with E-state index in [-0.39, 0.29) is 29.8 Å². The van der Waals surface area contributed by atoms with Crippen molar-refractivity contribution < 1.29 is 27.4 Å². The van der Waals surface area contributed by atoms with Crippen LogP contribution in [0.25, 0.3) is 11.6 Å². The van der Waals surface area contributed by atoms with Crippen LogP contribution in [-0.4, -0.2) is 32.6 Å². The smallest absolute Gasteiger partial charge is 0.426 e. The Balaban J connectivity index is 2.11. The topological polar surface area (TPSA) is 107 Å². The number of anilines is 1. The van der Waals surface area contributed by atoms with Crippen LogP contribution < -0.4 is 10.5 Å². The maximum atomic E-state index is 13.5.